The summed E-state index contributed by atoms with van der Waals surface area (Å²) < 4.78 is 5.00. The van der Waals surface area contributed by atoms with Crippen molar-refractivity contribution in [1.82, 2.24) is 9.88 Å². The minimum absolute atomic E-state index is 0.00211. The first-order valence-electron chi connectivity index (χ1n) is 5.86. The number of ether oxygens (including phenoxy) is 1. The van der Waals surface area contributed by atoms with Crippen molar-refractivity contribution >= 4 is 18.7 Å². The highest BCUT2D eigenvalue weighted by Gasteiger charge is 2.37. The molecule has 7 heteroatoms. The van der Waals surface area contributed by atoms with Crippen LogP contribution in [0.15, 0.2) is 18.7 Å². The molecule has 1 aliphatic rings. The van der Waals surface area contributed by atoms with Crippen LogP contribution in [-0.4, -0.2) is 44.6 Å². The van der Waals surface area contributed by atoms with Crippen molar-refractivity contribution in [2.24, 2.45) is 0 Å². The maximum atomic E-state index is 11.9. The molecule has 1 fully saturated rings. The van der Waals surface area contributed by atoms with E-state index in [0.717, 1.165) is 0 Å². The summed E-state index contributed by atoms with van der Waals surface area (Å²) in [5.41, 5.74) is 0.463. The molecule has 0 aromatic carbocycles. The number of aromatic hydroxyl groups is 2. The average Bonchev–Trinajstić information content (AvgIpc) is 2.89. The molecule has 1 amide bonds. The van der Waals surface area contributed by atoms with E-state index >= 15 is 0 Å². The first kappa shape index (κ1) is 13.7. The van der Waals surface area contributed by atoms with Gasteiger partial charge in [0.2, 0.25) is 0 Å². The molecule has 0 radical (unpaired) electrons. The van der Waals surface area contributed by atoms with E-state index in [2.05, 4.69) is 24.2 Å². The standard InChI is InChI=1S/C12H16N2O4S/c1-2-3-18-12(17)14-6-7(19)4-9(14)8-5-10(15)13-11(8)16/h2,5,7,9,13,15-16,19H,1,3-4,6H2/t7-,9-/m0/s1. The number of carbonyl (C=O) groups excluding carboxylic acids is 1. The molecule has 0 aliphatic carbocycles. The number of hydrogen-bond donors (Lipinski definition) is 4. The van der Waals surface area contributed by atoms with E-state index in [1.807, 2.05) is 0 Å². The Labute approximate surface area is 116 Å². The number of rotatable bonds is 3. The van der Waals surface area contributed by atoms with Gasteiger partial charge in [0.25, 0.3) is 0 Å². The van der Waals surface area contributed by atoms with Gasteiger partial charge in [0, 0.05) is 23.4 Å². The van der Waals surface area contributed by atoms with Crippen LogP contribution in [0.5, 0.6) is 11.8 Å². The third kappa shape index (κ3) is 2.81. The third-order valence-electron chi connectivity index (χ3n) is 3.01. The van der Waals surface area contributed by atoms with E-state index < -0.39 is 6.09 Å². The largest absolute Gasteiger partial charge is 0.495 e. The van der Waals surface area contributed by atoms with E-state index in [-0.39, 0.29) is 29.7 Å². The Morgan fingerprint density at radius 1 is 1.68 bits per heavy atom. The predicted octanol–water partition coefficient (Wildman–Crippen LogP) is 1.79. The number of aromatic nitrogens is 1. The van der Waals surface area contributed by atoms with Crippen LogP contribution in [0.1, 0.15) is 18.0 Å². The highest BCUT2D eigenvalue weighted by Crippen LogP contribution is 2.40. The topological polar surface area (TPSA) is 85.8 Å². The SMILES string of the molecule is C=CCOC(=O)N1C[C@@H](S)C[C@H]1c1cc(O)[nH]c1O. The maximum absolute atomic E-state index is 11.9. The normalized spacial score (nSPS) is 22.5. The van der Waals surface area contributed by atoms with Crippen LogP contribution < -0.4 is 0 Å². The summed E-state index contributed by atoms with van der Waals surface area (Å²) in [5.74, 6) is -0.291. The molecule has 1 saturated heterocycles. The zero-order valence-corrected chi connectivity index (χ0v) is 11.1. The van der Waals surface area contributed by atoms with E-state index in [0.29, 0.717) is 18.5 Å². The summed E-state index contributed by atoms with van der Waals surface area (Å²) in [7, 11) is 0. The van der Waals surface area contributed by atoms with Gasteiger partial charge < -0.3 is 14.9 Å². The fourth-order valence-corrected chi connectivity index (χ4v) is 2.60. The molecule has 0 saturated carbocycles. The first-order chi connectivity index (χ1) is 9.02. The van der Waals surface area contributed by atoms with E-state index in [9.17, 15) is 15.0 Å². The number of thiol groups is 1. The summed E-state index contributed by atoms with van der Waals surface area (Å²) in [6.07, 6.45) is 1.58. The summed E-state index contributed by atoms with van der Waals surface area (Å²) in [5, 5.41) is 19.1. The monoisotopic (exact) mass is 284 g/mol. The Hall–Kier alpha value is -1.76. The number of amides is 1. The molecule has 0 bridgehead atoms. The second-order valence-corrected chi connectivity index (χ2v) is 5.11. The number of hydrogen-bond acceptors (Lipinski definition) is 5. The van der Waals surface area contributed by atoms with Crippen LogP contribution in [-0.2, 0) is 4.74 Å². The van der Waals surface area contributed by atoms with Crippen molar-refractivity contribution in [1.29, 1.82) is 0 Å². The zero-order chi connectivity index (χ0) is 14.0. The molecule has 1 aromatic rings. The van der Waals surface area contributed by atoms with E-state index in [4.69, 9.17) is 4.74 Å². The molecular formula is C12H16N2O4S. The summed E-state index contributed by atoms with van der Waals surface area (Å²) in [4.78, 5) is 15.8. The van der Waals surface area contributed by atoms with Crippen molar-refractivity contribution in [3.05, 3.63) is 24.3 Å². The molecule has 2 heterocycles. The van der Waals surface area contributed by atoms with Crippen molar-refractivity contribution in [2.75, 3.05) is 13.2 Å². The third-order valence-corrected chi connectivity index (χ3v) is 3.38. The maximum Gasteiger partial charge on any atom is 0.410 e. The van der Waals surface area contributed by atoms with Crippen LogP contribution in [0.2, 0.25) is 0 Å². The molecule has 1 aromatic heterocycles. The molecule has 3 N–H and O–H groups in total. The van der Waals surface area contributed by atoms with Gasteiger partial charge in [-0.05, 0) is 6.42 Å². The van der Waals surface area contributed by atoms with Crippen LogP contribution >= 0.6 is 12.6 Å². The minimum Gasteiger partial charge on any atom is -0.495 e. The molecule has 6 nitrogen and oxygen atoms in total. The van der Waals surface area contributed by atoms with Gasteiger partial charge in [-0.3, -0.25) is 9.88 Å². The smallest absolute Gasteiger partial charge is 0.410 e. The number of aromatic amines is 1. The molecule has 2 rings (SSSR count). The summed E-state index contributed by atoms with van der Waals surface area (Å²) in [6, 6.07) is 1.04. The van der Waals surface area contributed by atoms with E-state index in [1.54, 1.807) is 0 Å². The number of nitrogens with one attached hydrogen (secondary N) is 1. The molecular weight excluding hydrogens is 268 g/mol. The fourth-order valence-electron chi connectivity index (χ4n) is 2.22. The number of likely N-dealkylation sites (tertiary alicyclic amines) is 1. The summed E-state index contributed by atoms with van der Waals surface area (Å²) >= 11 is 4.36. The van der Waals surface area contributed by atoms with Gasteiger partial charge in [-0.1, -0.05) is 12.7 Å². The lowest BCUT2D eigenvalue weighted by Crippen LogP contribution is -2.31. The van der Waals surface area contributed by atoms with Crippen molar-refractivity contribution < 1.29 is 19.7 Å². The fraction of sp³-hybridized carbons (Fsp3) is 0.417. The van der Waals surface area contributed by atoms with Gasteiger partial charge in [-0.15, -0.1) is 0 Å². The first-order valence-corrected chi connectivity index (χ1v) is 6.37. The van der Waals surface area contributed by atoms with Crippen LogP contribution in [0.3, 0.4) is 0 Å². The molecule has 0 unspecified atom stereocenters. The Morgan fingerprint density at radius 3 is 3.00 bits per heavy atom. The zero-order valence-electron chi connectivity index (χ0n) is 10.2. The number of nitrogens with zero attached hydrogens (tertiary/aromatic N) is 1. The van der Waals surface area contributed by atoms with Gasteiger partial charge in [0.15, 0.2) is 11.8 Å². The van der Waals surface area contributed by atoms with Gasteiger partial charge in [-0.2, -0.15) is 12.6 Å². The molecule has 19 heavy (non-hydrogen) atoms. The number of carbonyl (C=O) groups is 1. The highest BCUT2D eigenvalue weighted by atomic mass is 32.1. The second kappa shape index (κ2) is 5.48. The van der Waals surface area contributed by atoms with Gasteiger partial charge in [0.05, 0.1) is 6.04 Å². The molecule has 104 valence electrons. The van der Waals surface area contributed by atoms with Gasteiger partial charge in [-0.25, -0.2) is 4.79 Å². The quantitative estimate of drug-likeness (QED) is 0.503. The number of H-pyrrole nitrogens is 1. The predicted molar refractivity (Wildman–Crippen MR) is 72.5 cm³/mol. The van der Waals surface area contributed by atoms with Crippen molar-refractivity contribution in [2.45, 2.75) is 17.7 Å². The second-order valence-electron chi connectivity index (χ2n) is 4.38. The lowest BCUT2D eigenvalue weighted by molar-refractivity contribution is 0.107. The molecule has 2 atom stereocenters. The summed E-state index contributed by atoms with van der Waals surface area (Å²) in [6.45, 7) is 4.03. The Kier molecular flexibility index (Phi) is 3.94. The van der Waals surface area contributed by atoms with Crippen LogP contribution in [0.25, 0.3) is 0 Å². The lowest BCUT2D eigenvalue weighted by atomic mass is 10.1. The molecule has 1 aliphatic heterocycles. The van der Waals surface area contributed by atoms with E-state index in [1.165, 1.54) is 17.0 Å². The lowest BCUT2D eigenvalue weighted by Gasteiger charge is -2.23. The Morgan fingerprint density at radius 2 is 2.42 bits per heavy atom. The van der Waals surface area contributed by atoms with Gasteiger partial charge in [0.1, 0.15) is 6.61 Å². The van der Waals surface area contributed by atoms with Crippen LogP contribution in [0, 0.1) is 0 Å². The Bertz CT molecular complexity index is 488. The van der Waals surface area contributed by atoms with Crippen molar-refractivity contribution in [3.8, 4) is 11.8 Å². The molecule has 0 spiro atoms. The minimum atomic E-state index is -0.485. The average molecular weight is 284 g/mol. The van der Waals surface area contributed by atoms with Crippen molar-refractivity contribution in [3.63, 3.8) is 0 Å². The van der Waals surface area contributed by atoms with Crippen LogP contribution in [0.4, 0.5) is 4.79 Å². The van der Waals surface area contributed by atoms with Gasteiger partial charge >= 0.3 is 6.09 Å². The Balaban J connectivity index is 2.20. The highest BCUT2D eigenvalue weighted by molar-refractivity contribution is 7.81.